The number of aromatic carboxylic acids is 2. The number of carboxylic acids is 2. The summed E-state index contributed by atoms with van der Waals surface area (Å²) < 4.78 is 0. The van der Waals surface area contributed by atoms with Crippen molar-refractivity contribution in [2.75, 3.05) is 0 Å². The molecule has 0 bridgehead atoms. The lowest BCUT2D eigenvalue weighted by molar-refractivity contribution is -0.653. The van der Waals surface area contributed by atoms with Gasteiger partial charge in [0.1, 0.15) is 0 Å². The van der Waals surface area contributed by atoms with E-state index in [0.717, 1.165) is 36.4 Å². The molecule has 0 saturated carbocycles. The smallest absolute Gasteiger partial charge is 0.332 e. The lowest BCUT2D eigenvalue weighted by atomic mass is 9.96. The molecule has 0 spiro atoms. The lowest BCUT2D eigenvalue weighted by Crippen LogP contribution is -2.25. The van der Waals surface area contributed by atoms with Crippen LogP contribution in [0, 0.1) is 0 Å². The van der Waals surface area contributed by atoms with Crippen LogP contribution in [-0.4, -0.2) is 23.9 Å². The average Bonchev–Trinajstić information content (AvgIpc) is 2.65. The van der Waals surface area contributed by atoms with E-state index in [1.165, 1.54) is 0 Å². The van der Waals surface area contributed by atoms with E-state index >= 15 is 0 Å². The Balaban J connectivity index is 2.73. The van der Waals surface area contributed by atoms with Gasteiger partial charge in [0.15, 0.2) is 0 Å². The zero-order chi connectivity index (χ0) is 19.4. The van der Waals surface area contributed by atoms with Gasteiger partial charge < -0.3 is 40.1 Å². The molecular formula is C16H6O10-4. The van der Waals surface area contributed by atoms with Gasteiger partial charge in [0, 0.05) is 0 Å². The van der Waals surface area contributed by atoms with E-state index in [1.54, 1.807) is 0 Å². The molecule has 2 aromatic carbocycles. The number of carboxylic acid groups (broad SMARTS) is 2. The molecule has 10 heteroatoms. The minimum atomic E-state index is -1.69. The van der Waals surface area contributed by atoms with Crippen molar-refractivity contribution in [3.05, 3.63) is 58.7 Å². The molecule has 0 fully saturated rings. The molecule has 0 unspecified atom stereocenters. The standard InChI is InChI=1S/C16H10O10/c17-13(18)9-1-7(2-10(5-9)14(19)20)8-3-11(15(21)25-23)6-12(4-8)16(22)26-24/h1-6,23-24H,(H,17,18)(H,19,20)/p-4. The van der Waals surface area contributed by atoms with E-state index in [2.05, 4.69) is 9.78 Å². The predicted octanol–water partition coefficient (Wildman–Crippen LogP) is -3.06. The van der Waals surface area contributed by atoms with Crippen LogP contribution in [0.25, 0.3) is 11.1 Å². The van der Waals surface area contributed by atoms with Crippen LogP contribution in [0.5, 0.6) is 0 Å². The summed E-state index contributed by atoms with van der Waals surface area (Å²) in [6.45, 7) is 0. The zero-order valence-corrected chi connectivity index (χ0v) is 12.5. The van der Waals surface area contributed by atoms with Crippen LogP contribution in [0.3, 0.4) is 0 Å². The topological polar surface area (TPSA) is 179 Å². The average molecular weight is 358 g/mol. The minimum Gasteiger partial charge on any atom is -0.661 e. The first kappa shape index (κ1) is 18.6. The summed E-state index contributed by atoms with van der Waals surface area (Å²) >= 11 is 0. The van der Waals surface area contributed by atoms with E-state index in [4.69, 9.17) is 0 Å². The highest BCUT2D eigenvalue weighted by Crippen LogP contribution is 2.26. The van der Waals surface area contributed by atoms with Crippen LogP contribution in [0.4, 0.5) is 0 Å². The number of rotatable bonds is 5. The number of benzene rings is 2. The summed E-state index contributed by atoms with van der Waals surface area (Å²) in [4.78, 5) is 51.6. The summed E-state index contributed by atoms with van der Waals surface area (Å²) in [6.07, 6.45) is 0. The van der Waals surface area contributed by atoms with E-state index in [-0.39, 0.29) is 11.1 Å². The fourth-order valence-corrected chi connectivity index (χ4v) is 2.16. The van der Waals surface area contributed by atoms with Crippen LogP contribution in [0.2, 0.25) is 0 Å². The molecule has 10 nitrogen and oxygen atoms in total. The molecule has 0 aliphatic heterocycles. The summed E-state index contributed by atoms with van der Waals surface area (Å²) in [5, 5.41) is 42.7. The van der Waals surface area contributed by atoms with Crippen LogP contribution in [0.15, 0.2) is 36.4 Å². The molecule has 26 heavy (non-hydrogen) atoms. The third kappa shape index (κ3) is 3.83. The minimum absolute atomic E-state index is 0.0705. The van der Waals surface area contributed by atoms with Crippen molar-refractivity contribution >= 4 is 23.9 Å². The summed E-state index contributed by atoms with van der Waals surface area (Å²) in [6, 6.07) is 5.67. The Hall–Kier alpha value is -3.76. The van der Waals surface area contributed by atoms with Gasteiger partial charge in [-0.05, 0) is 58.7 Å². The van der Waals surface area contributed by atoms with Gasteiger partial charge in [-0.25, -0.2) is 9.59 Å². The Bertz CT molecular complexity index is 849. The Kier molecular flexibility index (Phi) is 5.30. The highest BCUT2D eigenvalue weighted by molar-refractivity contribution is 5.99. The molecule has 0 aliphatic carbocycles. The van der Waals surface area contributed by atoms with Gasteiger partial charge in [0.2, 0.25) is 0 Å². The van der Waals surface area contributed by atoms with Crippen LogP contribution >= 0.6 is 0 Å². The monoisotopic (exact) mass is 358 g/mol. The Morgan fingerprint density at radius 2 is 0.885 bits per heavy atom. The highest BCUT2D eigenvalue weighted by Gasteiger charge is 2.14. The molecule has 134 valence electrons. The Morgan fingerprint density at radius 3 is 1.19 bits per heavy atom. The first-order valence-electron chi connectivity index (χ1n) is 6.68. The number of hydrogen-bond donors (Lipinski definition) is 0. The molecule has 0 amide bonds. The van der Waals surface area contributed by atoms with Crippen molar-refractivity contribution in [2.24, 2.45) is 0 Å². The molecular weight excluding hydrogens is 352 g/mol. The van der Waals surface area contributed by atoms with Crippen molar-refractivity contribution in [3.8, 4) is 11.1 Å². The highest BCUT2D eigenvalue weighted by atomic mass is 17.1. The maximum Gasteiger partial charge on any atom is 0.332 e. The van der Waals surface area contributed by atoms with Gasteiger partial charge >= 0.3 is 11.9 Å². The van der Waals surface area contributed by atoms with Crippen LogP contribution < -0.4 is 20.7 Å². The van der Waals surface area contributed by atoms with Gasteiger partial charge in [-0.1, -0.05) is 0 Å². The summed E-state index contributed by atoms with van der Waals surface area (Å²) in [5.74, 6) is -6.18. The van der Waals surface area contributed by atoms with Crippen LogP contribution in [-0.2, 0) is 9.78 Å². The van der Waals surface area contributed by atoms with Gasteiger partial charge in [-0.2, -0.15) is 0 Å². The fourth-order valence-electron chi connectivity index (χ4n) is 2.16. The Labute approximate surface area is 144 Å². The normalized spacial score (nSPS) is 10.1. The van der Waals surface area contributed by atoms with Crippen molar-refractivity contribution in [2.45, 2.75) is 0 Å². The molecule has 0 aromatic heterocycles. The Morgan fingerprint density at radius 1 is 0.577 bits per heavy atom. The fraction of sp³-hybridized carbons (Fsp3) is 0. The molecule has 2 rings (SSSR count). The van der Waals surface area contributed by atoms with Crippen molar-refractivity contribution in [1.29, 1.82) is 0 Å². The van der Waals surface area contributed by atoms with Gasteiger partial charge in [-0.15, -0.1) is 0 Å². The van der Waals surface area contributed by atoms with Gasteiger partial charge in [0.05, 0.1) is 23.1 Å². The van der Waals surface area contributed by atoms with E-state index in [0.29, 0.717) is 0 Å². The lowest BCUT2D eigenvalue weighted by Gasteiger charge is -2.14. The van der Waals surface area contributed by atoms with E-state index in [9.17, 15) is 39.9 Å². The zero-order valence-electron chi connectivity index (χ0n) is 12.5. The molecule has 0 saturated heterocycles. The largest absolute Gasteiger partial charge is 0.661 e. The maximum atomic E-state index is 11.4. The first-order valence-corrected chi connectivity index (χ1v) is 6.68. The van der Waals surface area contributed by atoms with Crippen molar-refractivity contribution < 1.29 is 49.7 Å². The summed E-state index contributed by atoms with van der Waals surface area (Å²) in [7, 11) is 0. The van der Waals surface area contributed by atoms with Gasteiger partial charge in [0.25, 0.3) is 0 Å². The SMILES string of the molecule is O=C([O-])c1cc(C(=O)[O-])cc(-c2cc(C(=O)O[O-])cc(C(=O)O[O-])c2)c1. The molecule has 0 radical (unpaired) electrons. The number of carbonyl (C=O) groups is 4. The van der Waals surface area contributed by atoms with Crippen LogP contribution in [0.1, 0.15) is 41.4 Å². The van der Waals surface area contributed by atoms with E-state index in [1.807, 2.05) is 0 Å². The van der Waals surface area contributed by atoms with Gasteiger partial charge in [-0.3, -0.25) is 0 Å². The number of carbonyl (C=O) groups excluding carboxylic acids is 4. The molecule has 2 aromatic rings. The first-order chi connectivity index (χ1) is 12.3. The molecule has 0 atom stereocenters. The predicted molar refractivity (Wildman–Crippen MR) is 71.4 cm³/mol. The third-order valence-corrected chi connectivity index (χ3v) is 3.29. The number of hydrogen-bond acceptors (Lipinski definition) is 10. The summed E-state index contributed by atoms with van der Waals surface area (Å²) in [5.41, 5.74) is -2.10. The quantitative estimate of drug-likeness (QED) is 0.393. The molecule has 0 heterocycles. The third-order valence-electron chi connectivity index (χ3n) is 3.29. The molecule has 0 aliphatic rings. The van der Waals surface area contributed by atoms with Crippen molar-refractivity contribution in [3.63, 3.8) is 0 Å². The van der Waals surface area contributed by atoms with Crippen molar-refractivity contribution in [1.82, 2.24) is 0 Å². The van der Waals surface area contributed by atoms with E-state index < -0.39 is 46.1 Å². The molecule has 0 N–H and O–H groups in total. The second kappa shape index (κ2) is 7.42. The second-order valence-electron chi connectivity index (χ2n) is 4.91. The second-order valence-corrected chi connectivity index (χ2v) is 4.91. The maximum absolute atomic E-state index is 11.4.